The molecule has 190 valence electrons. The van der Waals surface area contributed by atoms with Crippen molar-refractivity contribution in [2.45, 2.75) is 27.2 Å². The van der Waals surface area contributed by atoms with Gasteiger partial charge in [-0.25, -0.2) is 17.4 Å². The van der Waals surface area contributed by atoms with E-state index in [1.165, 1.54) is 28.4 Å². The van der Waals surface area contributed by atoms with Crippen LogP contribution in [0.1, 0.15) is 32.8 Å². The lowest BCUT2D eigenvalue weighted by Gasteiger charge is -2.05. The number of carbonyl (C=O) groups excluding carboxylic acids is 1. The van der Waals surface area contributed by atoms with Gasteiger partial charge in [0.15, 0.2) is 5.13 Å². The summed E-state index contributed by atoms with van der Waals surface area (Å²) >= 11 is 7.34. The van der Waals surface area contributed by atoms with Gasteiger partial charge in [0, 0.05) is 23.5 Å². The molecule has 4 aromatic rings. The molecular formula is C25H26ClN3O5S2. The molecule has 1 atom stereocenters. The van der Waals surface area contributed by atoms with E-state index >= 15 is 0 Å². The standard InChI is InChI=1S/C20H16ClN3O3S2.C5H10O2/c1-13(25)22-20-23-17-6-4-14(11-19(17)28-20)3-2-10-29(26,27)24-9-8-15-12-16(21)5-7-18(15)24;1-3-4(2)5(6)7/h2-9,11-12H,10H2,1H3,(H,22,23,25);4H,3H2,1-2H3,(H,6,7). The predicted molar refractivity (Wildman–Crippen MR) is 146 cm³/mol. The second kappa shape index (κ2) is 11.7. The first kappa shape index (κ1) is 27.4. The minimum Gasteiger partial charge on any atom is -0.481 e. The number of hydrogen-bond acceptors (Lipinski definition) is 6. The Morgan fingerprint density at radius 1 is 1.22 bits per heavy atom. The summed E-state index contributed by atoms with van der Waals surface area (Å²) in [5.41, 5.74) is 2.23. The summed E-state index contributed by atoms with van der Waals surface area (Å²) in [6.07, 6.45) is 5.64. The van der Waals surface area contributed by atoms with Crippen LogP contribution in [0.15, 0.2) is 54.7 Å². The summed E-state index contributed by atoms with van der Waals surface area (Å²) < 4.78 is 27.6. The fraction of sp³-hybridized carbons (Fsp3) is 0.240. The number of benzene rings is 2. The number of carboxylic acids is 1. The number of amides is 1. The molecule has 1 amide bonds. The lowest BCUT2D eigenvalue weighted by atomic mass is 10.1. The molecule has 0 saturated carbocycles. The van der Waals surface area contributed by atoms with Crippen molar-refractivity contribution in [3.8, 4) is 0 Å². The number of aliphatic carboxylic acids is 1. The monoisotopic (exact) mass is 547 g/mol. The van der Waals surface area contributed by atoms with Gasteiger partial charge in [-0.2, -0.15) is 0 Å². The summed E-state index contributed by atoms with van der Waals surface area (Å²) in [6.45, 7) is 4.99. The highest BCUT2D eigenvalue weighted by Crippen LogP contribution is 2.27. The number of carbonyl (C=O) groups is 2. The van der Waals surface area contributed by atoms with Crippen molar-refractivity contribution in [2.24, 2.45) is 5.92 Å². The van der Waals surface area contributed by atoms with Crippen molar-refractivity contribution in [3.05, 3.63) is 65.3 Å². The normalized spacial score (nSPS) is 12.4. The number of fused-ring (bicyclic) bond motifs is 2. The minimum absolute atomic E-state index is 0.142. The fourth-order valence-corrected chi connectivity index (χ4v) is 5.49. The van der Waals surface area contributed by atoms with E-state index in [0.717, 1.165) is 27.6 Å². The molecule has 2 aromatic carbocycles. The summed E-state index contributed by atoms with van der Waals surface area (Å²) in [4.78, 5) is 25.4. The molecule has 0 spiro atoms. The number of halogens is 1. The van der Waals surface area contributed by atoms with Crippen LogP contribution in [0.3, 0.4) is 0 Å². The van der Waals surface area contributed by atoms with E-state index in [9.17, 15) is 18.0 Å². The fourth-order valence-electron chi connectivity index (χ4n) is 3.14. The number of nitrogens with one attached hydrogen (secondary N) is 1. The van der Waals surface area contributed by atoms with Crippen LogP contribution in [-0.4, -0.2) is 40.1 Å². The van der Waals surface area contributed by atoms with E-state index in [4.69, 9.17) is 16.7 Å². The van der Waals surface area contributed by atoms with Crippen LogP contribution in [0.2, 0.25) is 5.02 Å². The van der Waals surface area contributed by atoms with Gasteiger partial charge in [0.25, 0.3) is 0 Å². The van der Waals surface area contributed by atoms with Gasteiger partial charge in [0.2, 0.25) is 15.9 Å². The molecule has 2 N–H and O–H groups in total. The molecule has 36 heavy (non-hydrogen) atoms. The quantitative estimate of drug-likeness (QED) is 0.298. The van der Waals surface area contributed by atoms with Crippen molar-refractivity contribution in [3.63, 3.8) is 0 Å². The van der Waals surface area contributed by atoms with Crippen molar-refractivity contribution in [2.75, 3.05) is 11.1 Å². The average molecular weight is 548 g/mol. The molecule has 0 aliphatic heterocycles. The molecule has 0 fully saturated rings. The second-order valence-electron chi connectivity index (χ2n) is 8.07. The highest BCUT2D eigenvalue weighted by atomic mass is 35.5. The maximum atomic E-state index is 12.7. The summed E-state index contributed by atoms with van der Waals surface area (Å²) in [5, 5.41) is 12.7. The molecule has 0 bridgehead atoms. The van der Waals surface area contributed by atoms with E-state index in [1.807, 2.05) is 25.1 Å². The first-order chi connectivity index (χ1) is 17.0. The third-order valence-corrected chi connectivity index (χ3v) is 7.96. The third kappa shape index (κ3) is 6.93. The van der Waals surface area contributed by atoms with Crippen LogP contribution in [0.25, 0.3) is 27.2 Å². The Hall–Kier alpha value is -3.21. The predicted octanol–water partition coefficient (Wildman–Crippen LogP) is 5.87. The van der Waals surface area contributed by atoms with Crippen LogP contribution in [-0.2, 0) is 19.6 Å². The molecule has 0 aliphatic rings. The van der Waals surface area contributed by atoms with E-state index in [-0.39, 0.29) is 17.6 Å². The van der Waals surface area contributed by atoms with Crippen molar-refractivity contribution >= 4 is 77.2 Å². The number of carboxylic acid groups (broad SMARTS) is 1. The van der Waals surface area contributed by atoms with Crippen LogP contribution in [0, 0.1) is 5.92 Å². The molecule has 2 heterocycles. The maximum Gasteiger partial charge on any atom is 0.306 e. The zero-order chi connectivity index (χ0) is 26.5. The number of thiazole rings is 1. The largest absolute Gasteiger partial charge is 0.481 e. The van der Waals surface area contributed by atoms with Gasteiger partial charge in [0.05, 0.1) is 27.4 Å². The van der Waals surface area contributed by atoms with E-state index in [1.54, 1.807) is 43.3 Å². The SMILES string of the molecule is CC(=O)Nc1nc2ccc(C=CCS(=O)(=O)n3ccc4cc(Cl)ccc43)cc2s1.CCC(C)C(=O)O. The summed E-state index contributed by atoms with van der Waals surface area (Å²) in [7, 11) is -3.55. The van der Waals surface area contributed by atoms with Crippen LogP contribution in [0.4, 0.5) is 5.13 Å². The number of anilines is 1. The molecule has 1 unspecified atom stereocenters. The highest BCUT2D eigenvalue weighted by Gasteiger charge is 2.14. The van der Waals surface area contributed by atoms with Gasteiger partial charge >= 0.3 is 5.97 Å². The van der Waals surface area contributed by atoms with Gasteiger partial charge in [0.1, 0.15) is 0 Å². The Morgan fingerprint density at radius 2 is 1.97 bits per heavy atom. The molecule has 2 aromatic heterocycles. The number of aromatic nitrogens is 2. The Labute approximate surface area is 218 Å². The Balaban J connectivity index is 0.000000454. The van der Waals surface area contributed by atoms with E-state index in [0.29, 0.717) is 15.7 Å². The lowest BCUT2D eigenvalue weighted by molar-refractivity contribution is -0.141. The lowest BCUT2D eigenvalue weighted by Crippen LogP contribution is -2.14. The molecule has 0 aliphatic carbocycles. The Kier molecular flexibility index (Phi) is 8.89. The van der Waals surface area contributed by atoms with Gasteiger partial charge in [-0.15, -0.1) is 0 Å². The van der Waals surface area contributed by atoms with Crippen LogP contribution < -0.4 is 5.32 Å². The van der Waals surface area contributed by atoms with Gasteiger partial charge < -0.3 is 10.4 Å². The molecule has 0 saturated heterocycles. The van der Waals surface area contributed by atoms with E-state index in [2.05, 4.69) is 10.3 Å². The minimum atomic E-state index is -3.55. The van der Waals surface area contributed by atoms with Gasteiger partial charge in [-0.05, 0) is 48.4 Å². The van der Waals surface area contributed by atoms with Gasteiger partial charge in [-0.1, -0.05) is 55.0 Å². The molecular weight excluding hydrogens is 522 g/mol. The van der Waals surface area contributed by atoms with Crippen molar-refractivity contribution in [1.82, 2.24) is 8.96 Å². The number of rotatable bonds is 7. The summed E-state index contributed by atoms with van der Waals surface area (Å²) in [6, 6.07) is 12.4. The smallest absolute Gasteiger partial charge is 0.306 e. The zero-order valence-electron chi connectivity index (χ0n) is 19.9. The van der Waals surface area contributed by atoms with Gasteiger partial charge in [-0.3, -0.25) is 9.59 Å². The van der Waals surface area contributed by atoms with Crippen molar-refractivity contribution in [1.29, 1.82) is 0 Å². The van der Waals surface area contributed by atoms with Crippen molar-refractivity contribution < 1.29 is 23.1 Å². The topological polar surface area (TPSA) is 118 Å². The first-order valence-corrected chi connectivity index (χ1v) is 13.9. The Morgan fingerprint density at radius 3 is 2.61 bits per heavy atom. The third-order valence-electron chi connectivity index (χ3n) is 5.26. The molecule has 11 heteroatoms. The number of hydrogen-bond donors (Lipinski definition) is 2. The van der Waals surface area contributed by atoms with Crippen LogP contribution in [0.5, 0.6) is 0 Å². The highest BCUT2D eigenvalue weighted by molar-refractivity contribution is 7.90. The summed E-state index contributed by atoms with van der Waals surface area (Å²) in [5.74, 6) is -1.20. The molecule has 8 nitrogen and oxygen atoms in total. The Bertz CT molecular complexity index is 1540. The zero-order valence-corrected chi connectivity index (χ0v) is 22.3. The van der Waals surface area contributed by atoms with E-state index < -0.39 is 16.0 Å². The maximum absolute atomic E-state index is 12.7. The second-order valence-corrected chi connectivity index (χ2v) is 11.4. The molecule has 0 radical (unpaired) electrons. The first-order valence-electron chi connectivity index (χ1n) is 11.1. The average Bonchev–Trinajstić information content (AvgIpc) is 3.41. The number of nitrogens with zero attached hydrogens (tertiary/aromatic N) is 2. The molecule has 4 rings (SSSR count). The van der Waals surface area contributed by atoms with Crippen LogP contribution >= 0.6 is 22.9 Å².